The number of hydrogen-bond donors (Lipinski definition) is 1. The van der Waals surface area contributed by atoms with Gasteiger partial charge in [0.25, 0.3) is 0 Å². The van der Waals surface area contributed by atoms with E-state index in [1.807, 2.05) is 13.1 Å². The molecule has 1 N–H and O–H groups in total. The van der Waals surface area contributed by atoms with E-state index in [-0.39, 0.29) is 0 Å². The Hall–Kier alpha value is -1.55. The Kier molecular flexibility index (Phi) is 3.87. The van der Waals surface area contributed by atoms with Crippen LogP contribution in [0.4, 0.5) is 5.13 Å². The van der Waals surface area contributed by atoms with E-state index in [1.54, 1.807) is 18.4 Å². The highest BCUT2D eigenvalue weighted by molar-refractivity contribution is 7.15. The molecule has 0 saturated carbocycles. The molecule has 0 unspecified atom stereocenters. The zero-order valence-electron chi connectivity index (χ0n) is 11.2. The van der Waals surface area contributed by atoms with Gasteiger partial charge in [0, 0.05) is 18.3 Å². The summed E-state index contributed by atoms with van der Waals surface area (Å²) >= 11 is 1.70. The zero-order valence-corrected chi connectivity index (χ0v) is 12.0. The Balaban J connectivity index is 2.22. The van der Waals surface area contributed by atoms with Gasteiger partial charge >= 0.3 is 0 Å². The predicted molar refractivity (Wildman–Crippen MR) is 76.9 cm³/mol. The first-order chi connectivity index (χ1) is 8.63. The molecule has 0 radical (unpaired) electrons. The van der Waals surface area contributed by atoms with Gasteiger partial charge in [-0.1, -0.05) is 12.1 Å². The third-order valence-corrected chi connectivity index (χ3v) is 3.97. The molecule has 0 amide bonds. The van der Waals surface area contributed by atoms with Crippen LogP contribution < -0.4 is 10.1 Å². The van der Waals surface area contributed by atoms with Gasteiger partial charge in [-0.3, -0.25) is 0 Å². The van der Waals surface area contributed by atoms with Crippen molar-refractivity contribution in [3.8, 4) is 5.75 Å². The second-order valence-electron chi connectivity index (χ2n) is 4.25. The summed E-state index contributed by atoms with van der Waals surface area (Å²) in [6.07, 6.45) is 0.870. The Bertz CT molecular complexity index is 549. The molecule has 0 fully saturated rings. The van der Waals surface area contributed by atoms with Crippen molar-refractivity contribution in [1.82, 2.24) is 4.98 Å². The maximum absolute atomic E-state index is 5.27. The van der Waals surface area contributed by atoms with E-state index in [1.165, 1.54) is 10.4 Å². The average Bonchev–Trinajstić information content (AvgIpc) is 2.70. The van der Waals surface area contributed by atoms with Crippen molar-refractivity contribution < 1.29 is 4.74 Å². The van der Waals surface area contributed by atoms with Crippen molar-refractivity contribution in [2.24, 2.45) is 0 Å². The van der Waals surface area contributed by atoms with Gasteiger partial charge < -0.3 is 10.1 Å². The Morgan fingerprint density at radius 1 is 1.33 bits per heavy atom. The van der Waals surface area contributed by atoms with Crippen molar-refractivity contribution in [2.75, 3.05) is 19.5 Å². The third kappa shape index (κ3) is 2.64. The number of methoxy groups -OCH3 is 1. The molecular weight excluding hydrogens is 244 g/mol. The number of thiazole rings is 1. The van der Waals surface area contributed by atoms with E-state index in [0.29, 0.717) is 0 Å². The molecule has 4 heteroatoms. The van der Waals surface area contributed by atoms with Gasteiger partial charge in [-0.25, -0.2) is 4.98 Å². The maximum atomic E-state index is 5.27. The smallest absolute Gasteiger partial charge is 0.182 e. The molecule has 0 bridgehead atoms. The van der Waals surface area contributed by atoms with Crippen LogP contribution in [0.1, 0.15) is 21.7 Å². The van der Waals surface area contributed by atoms with Crippen LogP contribution in [0.25, 0.3) is 0 Å². The van der Waals surface area contributed by atoms with Crippen LogP contribution in [0.3, 0.4) is 0 Å². The molecular formula is C14H18N2OS. The van der Waals surface area contributed by atoms with E-state index in [4.69, 9.17) is 4.74 Å². The molecule has 1 heterocycles. The minimum Gasteiger partial charge on any atom is -0.496 e. The van der Waals surface area contributed by atoms with Gasteiger partial charge in [0.05, 0.1) is 12.8 Å². The van der Waals surface area contributed by atoms with Crippen LogP contribution in [-0.4, -0.2) is 19.1 Å². The van der Waals surface area contributed by atoms with Gasteiger partial charge in [0.1, 0.15) is 5.75 Å². The molecule has 0 aliphatic carbocycles. The molecule has 2 rings (SSSR count). The largest absolute Gasteiger partial charge is 0.496 e. The lowest BCUT2D eigenvalue weighted by atomic mass is 10.1. The fourth-order valence-corrected chi connectivity index (χ4v) is 2.73. The highest BCUT2D eigenvalue weighted by atomic mass is 32.1. The molecule has 2 aromatic rings. The summed E-state index contributed by atoms with van der Waals surface area (Å²) < 4.78 is 5.27. The second-order valence-corrected chi connectivity index (χ2v) is 5.46. The van der Waals surface area contributed by atoms with Crippen molar-refractivity contribution in [3.05, 3.63) is 39.9 Å². The van der Waals surface area contributed by atoms with Crippen LogP contribution in [0, 0.1) is 13.8 Å². The van der Waals surface area contributed by atoms with Crippen molar-refractivity contribution in [2.45, 2.75) is 20.3 Å². The lowest BCUT2D eigenvalue weighted by molar-refractivity contribution is 0.411. The van der Waals surface area contributed by atoms with Gasteiger partial charge in [0.2, 0.25) is 0 Å². The molecule has 1 aromatic carbocycles. The summed E-state index contributed by atoms with van der Waals surface area (Å²) in [4.78, 5) is 5.84. The van der Waals surface area contributed by atoms with E-state index in [0.717, 1.165) is 28.6 Å². The standard InChI is InChI=1S/C14H18N2OS/c1-9-7-11(5-6-13(9)17-4)8-12-10(2)18-14(15-3)16-12/h5-7H,8H2,1-4H3,(H,15,16). The SMILES string of the molecule is CNc1nc(Cc2ccc(OC)c(C)c2)c(C)s1. The van der Waals surface area contributed by atoms with E-state index < -0.39 is 0 Å². The summed E-state index contributed by atoms with van der Waals surface area (Å²) in [5.74, 6) is 0.935. The van der Waals surface area contributed by atoms with Crippen LogP contribution in [-0.2, 0) is 6.42 Å². The van der Waals surface area contributed by atoms with Gasteiger partial charge in [-0.05, 0) is 31.0 Å². The molecule has 1 aromatic heterocycles. The number of nitrogens with one attached hydrogen (secondary N) is 1. The summed E-state index contributed by atoms with van der Waals surface area (Å²) in [6, 6.07) is 6.28. The quantitative estimate of drug-likeness (QED) is 0.917. The van der Waals surface area contributed by atoms with Gasteiger partial charge in [-0.15, -0.1) is 11.3 Å². The van der Waals surface area contributed by atoms with Crippen LogP contribution in [0.2, 0.25) is 0 Å². The number of rotatable bonds is 4. The fourth-order valence-electron chi connectivity index (χ4n) is 1.94. The van der Waals surface area contributed by atoms with Crippen molar-refractivity contribution in [1.29, 1.82) is 0 Å². The lowest BCUT2D eigenvalue weighted by Crippen LogP contribution is -1.94. The Morgan fingerprint density at radius 3 is 2.67 bits per heavy atom. The molecule has 3 nitrogen and oxygen atoms in total. The van der Waals surface area contributed by atoms with Crippen LogP contribution >= 0.6 is 11.3 Å². The maximum Gasteiger partial charge on any atom is 0.182 e. The third-order valence-electron chi connectivity index (χ3n) is 2.94. The van der Waals surface area contributed by atoms with E-state index in [9.17, 15) is 0 Å². The van der Waals surface area contributed by atoms with E-state index in [2.05, 4.69) is 36.3 Å². The first-order valence-corrected chi connectivity index (χ1v) is 6.73. The van der Waals surface area contributed by atoms with Crippen LogP contribution in [0.15, 0.2) is 18.2 Å². The minimum absolute atomic E-state index is 0.870. The zero-order chi connectivity index (χ0) is 13.1. The molecule has 0 spiro atoms. The molecule has 0 atom stereocenters. The summed E-state index contributed by atoms with van der Waals surface area (Å²) in [5, 5.41) is 4.07. The number of aryl methyl sites for hydroxylation is 2. The molecule has 0 saturated heterocycles. The van der Waals surface area contributed by atoms with E-state index >= 15 is 0 Å². The number of anilines is 1. The molecule has 0 aliphatic heterocycles. The molecule has 96 valence electrons. The fraction of sp³-hybridized carbons (Fsp3) is 0.357. The molecule has 0 aliphatic rings. The summed E-state index contributed by atoms with van der Waals surface area (Å²) in [7, 11) is 3.60. The highest BCUT2D eigenvalue weighted by Gasteiger charge is 2.08. The number of hydrogen-bond acceptors (Lipinski definition) is 4. The van der Waals surface area contributed by atoms with Crippen molar-refractivity contribution in [3.63, 3.8) is 0 Å². The van der Waals surface area contributed by atoms with Gasteiger partial charge in [-0.2, -0.15) is 0 Å². The van der Waals surface area contributed by atoms with Crippen LogP contribution in [0.5, 0.6) is 5.75 Å². The minimum atomic E-state index is 0.870. The normalized spacial score (nSPS) is 10.4. The number of ether oxygens (including phenoxy) is 1. The first-order valence-electron chi connectivity index (χ1n) is 5.91. The highest BCUT2D eigenvalue weighted by Crippen LogP contribution is 2.25. The predicted octanol–water partition coefficient (Wildman–Crippen LogP) is 3.40. The van der Waals surface area contributed by atoms with Crippen molar-refractivity contribution >= 4 is 16.5 Å². The number of nitrogens with zero attached hydrogens (tertiary/aromatic N) is 1. The summed E-state index contributed by atoms with van der Waals surface area (Å²) in [5.41, 5.74) is 3.58. The summed E-state index contributed by atoms with van der Waals surface area (Å²) in [6.45, 7) is 4.18. The monoisotopic (exact) mass is 262 g/mol. The Morgan fingerprint density at radius 2 is 2.11 bits per heavy atom. The average molecular weight is 262 g/mol. The number of benzene rings is 1. The number of aromatic nitrogens is 1. The first kappa shape index (κ1) is 12.9. The topological polar surface area (TPSA) is 34.2 Å². The Labute approximate surface area is 112 Å². The van der Waals surface area contributed by atoms with Gasteiger partial charge in [0.15, 0.2) is 5.13 Å². The second kappa shape index (κ2) is 5.40. The lowest BCUT2D eigenvalue weighted by Gasteiger charge is -2.06. The molecule has 18 heavy (non-hydrogen) atoms.